The topological polar surface area (TPSA) is 292 Å². The lowest BCUT2D eigenvalue weighted by Crippen LogP contribution is -2.42. The van der Waals surface area contributed by atoms with E-state index in [1.54, 1.807) is 30.3 Å². The van der Waals surface area contributed by atoms with Crippen molar-refractivity contribution in [2.75, 3.05) is 37.8 Å². The van der Waals surface area contributed by atoms with Crippen LogP contribution < -0.4 is 23.3 Å². The maximum atomic E-state index is 15.1. The van der Waals surface area contributed by atoms with Gasteiger partial charge in [-0.3, -0.25) is 0 Å². The van der Waals surface area contributed by atoms with Gasteiger partial charge >= 0.3 is 12.3 Å². The summed E-state index contributed by atoms with van der Waals surface area (Å²) in [7, 11) is -3.46. The van der Waals surface area contributed by atoms with Crippen LogP contribution in [0.5, 0.6) is 28.9 Å². The molecule has 24 nitrogen and oxygen atoms in total. The van der Waals surface area contributed by atoms with Crippen LogP contribution in [-0.4, -0.2) is 90.6 Å². The molecule has 2 heterocycles. The van der Waals surface area contributed by atoms with Crippen molar-refractivity contribution in [2.45, 2.75) is 63.7 Å². The van der Waals surface area contributed by atoms with E-state index in [0.717, 1.165) is 5.56 Å². The molecule has 1 unspecified atom stereocenters. The van der Waals surface area contributed by atoms with Crippen molar-refractivity contribution in [1.29, 1.82) is 0 Å². The quantitative estimate of drug-likeness (QED) is 0.0159. The zero-order chi connectivity index (χ0) is 48.6. The fourth-order valence-corrected chi connectivity index (χ4v) is 7.23. The smallest absolute Gasteiger partial charge is 0.493 e. The van der Waals surface area contributed by atoms with Crippen LogP contribution >= 0.6 is 0 Å². The number of unbranched alkanes of at least 4 members (excludes halogenated alkanes) is 1. The monoisotopic (exact) mass is 951 g/mol. The summed E-state index contributed by atoms with van der Waals surface area (Å²) >= 11 is 0. The van der Waals surface area contributed by atoms with Gasteiger partial charge in [-0.25, -0.2) is 37.3 Å². The normalized spacial score (nSPS) is 11.6. The third-order valence-corrected chi connectivity index (χ3v) is 10.7. The van der Waals surface area contributed by atoms with Gasteiger partial charge in [0, 0.05) is 12.4 Å². The minimum Gasteiger partial charge on any atom is -0.493 e. The molecular formula is C42H45N7O17S. The van der Waals surface area contributed by atoms with Crippen molar-refractivity contribution < 1.29 is 71.0 Å². The summed E-state index contributed by atoms with van der Waals surface area (Å²) in [5, 5.41) is 19.2. The van der Waals surface area contributed by atoms with Crippen molar-refractivity contribution in [3.63, 3.8) is 0 Å². The number of sulfonamides is 1. The van der Waals surface area contributed by atoms with Gasteiger partial charge in [0.2, 0.25) is 11.6 Å². The van der Waals surface area contributed by atoms with Crippen LogP contribution in [0.15, 0.2) is 96.2 Å². The number of methoxy groups -OCH3 is 1. The lowest BCUT2D eigenvalue weighted by atomic mass is 9.87. The summed E-state index contributed by atoms with van der Waals surface area (Å²) in [5.74, 6) is -1.68. The first-order valence-corrected chi connectivity index (χ1v) is 21.5. The highest BCUT2D eigenvalue weighted by molar-refractivity contribution is 7.92. The Balaban J connectivity index is 1.57. The zero-order valence-electron chi connectivity index (χ0n) is 36.7. The molecule has 0 spiro atoms. The molecule has 356 valence electrons. The number of para-hydroxylation sites is 2. The number of hydrogen-bond donors (Lipinski definition) is 0. The number of carbonyl (C=O) groups excluding carboxylic acids is 2. The average Bonchev–Trinajstić information content (AvgIpc) is 3.29. The molecular weight excluding hydrogens is 907 g/mol. The van der Waals surface area contributed by atoms with E-state index < -0.39 is 76.0 Å². The van der Waals surface area contributed by atoms with Crippen molar-refractivity contribution in [2.24, 2.45) is 0 Å². The number of benzene rings is 3. The van der Waals surface area contributed by atoms with Crippen molar-refractivity contribution in [3.8, 4) is 40.5 Å². The first-order chi connectivity index (χ1) is 32.0. The molecule has 5 aromatic rings. The molecule has 3 aromatic carbocycles. The average molecular weight is 952 g/mol. The summed E-state index contributed by atoms with van der Waals surface area (Å²) in [6.45, 7) is 5.20. The molecule has 2 aromatic heterocycles. The second-order valence-corrected chi connectivity index (χ2v) is 16.5. The van der Waals surface area contributed by atoms with Gasteiger partial charge in [-0.15, -0.1) is 20.2 Å². The van der Waals surface area contributed by atoms with Crippen molar-refractivity contribution in [3.05, 3.63) is 123 Å². The summed E-state index contributed by atoms with van der Waals surface area (Å²) in [6.07, 6.45) is -1.21. The summed E-state index contributed by atoms with van der Waals surface area (Å²) < 4.78 is 69.9. The molecule has 1 atom stereocenters. The molecule has 67 heavy (non-hydrogen) atoms. The number of nitrogens with zero attached hydrogens (tertiary/aromatic N) is 7. The van der Waals surface area contributed by atoms with Crippen LogP contribution in [-0.2, 0) is 45.9 Å². The van der Waals surface area contributed by atoms with Gasteiger partial charge < -0.3 is 42.8 Å². The van der Waals surface area contributed by atoms with Crippen LogP contribution in [0.2, 0.25) is 0 Å². The molecule has 0 radical (unpaired) electrons. The number of carbonyl (C=O) groups is 2. The van der Waals surface area contributed by atoms with Gasteiger partial charge in [0.1, 0.15) is 25.6 Å². The van der Waals surface area contributed by atoms with Crippen LogP contribution in [0, 0.1) is 20.2 Å². The van der Waals surface area contributed by atoms with Gasteiger partial charge in [0.25, 0.3) is 26.1 Å². The summed E-state index contributed by atoms with van der Waals surface area (Å²) in [5.41, 5.74) is 0.773. The van der Waals surface area contributed by atoms with Gasteiger partial charge in [-0.05, 0) is 78.8 Å². The molecule has 25 heteroatoms. The molecule has 0 aliphatic rings. The number of anilines is 1. The van der Waals surface area contributed by atoms with Crippen LogP contribution in [0.25, 0.3) is 11.6 Å². The third-order valence-electron chi connectivity index (χ3n) is 8.88. The Morgan fingerprint density at radius 2 is 1.45 bits per heavy atom. The minimum atomic E-state index is -4.83. The summed E-state index contributed by atoms with van der Waals surface area (Å²) in [4.78, 5) is 72.9. The number of hydrogen-bond acceptors (Lipinski definition) is 21. The van der Waals surface area contributed by atoms with E-state index in [1.807, 2.05) is 20.8 Å². The SMILES string of the molecule is COc1ccccc1Oc1c(OCCOC(=O)Oc2cccc(CO[N+](=O)[O-])c2)nc(-c2ncccn2)nc1N(C(C)OC(=O)OCCCCO[N+](=O)[O-])S(=O)(=O)c1ccc(C(C)(C)C)cc1. The van der Waals surface area contributed by atoms with Crippen molar-refractivity contribution >= 4 is 28.2 Å². The summed E-state index contributed by atoms with van der Waals surface area (Å²) in [6, 6.07) is 19.6. The van der Waals surface area contributed by atoms with Gasteiger partial charge in [-0.2, -0.15) is 4.98 Å². The number of ether oxygens (including phenoxy) is 7. The molecule has 0 saturated heterocycles. The molecule has 0 saturated carbocycles. The van der Waals surface area contributed by atoms with E-state index in [-0.39, 0.29) is 65.3 Å². The molecule has 0 N–H and O–H groups in total. The third kappa shape index (κ3) is 14.5. The van der Waals surface area contributed by atoms with E-state index in [0.29, 0.717) is 9.87 Å². The Morgan fingerprint density at radius 1 is 0.776 bits per heavy atom. The van der Waals surface area contributed by atoms with Crippen LogP contribution in [0.4, 0.5) is 15.4 Å². The first-order valence-electron chi connectivity index (χ1n) is 20.1. The van der Waals surface area contributed by atoms with Crippen LogP contribution in [0.1, 0.15) is 51.7 Å². The standard InChI is InChI=1S/C42H45N7O17S/c1-28(64-40(50)60-22-8-9-23-62-48(52)53)47(67(56,57)32-18-16-30(17-19-32)42(2,3)4)38-35(66-34-15-7-6-14-33(34)58-5)39(46-37(45-38)36-43-20-11-21-44-36)59-24-25-61-41(51)65-31-13-10-12-29(26-31)27-63-49(54)55/h6-7,10-21,26,28H,8-9,22-25,27H2,1-5H3. The Hall–Kier alpha value is -8.09. The van der Waals surface area contributed by atoms with E-state index in [9.17, 15) is 29.8 Å². The molecule has 0 amide bonds. The number of rotatable bonds is 23. The van der Waals surface area contributed by atoms with Crippen LogP contribution in [0.3, 0.4) is 0 Å². The van der Waals surface area contributed by atoms with Gasteiger partial charge in [0.15, 0.2) is 29.4 Å². The highest BCUT2D eigenvalue weighted by Crippen LogP contribution is 2.44. The maximum absolute atomic E-state index is 15.1. The van der Waals surface area contributed by atoms with Gasteiger partial charge in [0.05, 0.1) is 25.2 Å². The van der Waals surface area contributed by atoms with Crippen molar-refractivity contribution in [1.82, 2.24) is 19.9 Å². The second-order valence-electron chi connectivity index (χ2n) is 14.7. The highest BCUT2D eigenvalue weighted by atomic mass is 32.2. The Morgan fingerprint density at radius 3 is 2.12 bits per heavy atom. The molecule has 0 aliphatic heterocycles. The zero-order valence-corrected chi connectivity index (χ0v) is 37.5. The van der Waals surface area contributed by atoms with E-state index in [2.05, 4.69) is 29.6 Å². The Labute approximate surface area is 382 Å². The van der Waals surface area contributed by atoms with E-state index in [4.69, 9.17) is 33.2 Å². The number of aromatic nitrogens is 4. The van der Waals surface area contributed by atoms with E-state index >= 15 is 8.42 Å². The second kappa shape index (κ2) is 23.2. The minimum absolute atomic E-state index is 0.00679. The lowest BCUT2D eigenvalue weighted by Gasteiger charge is -2.30. The molecule has 0 fully saturated rings. The predicted octanol–water partition coefficient (Wildman–Crippen LogP) is 7.02. The fourth-order valence-electron chi connectivity index (χ4n) is 5.74. The Bertz CT molecular complexity index is 2600. The first kappa shape index (κ1) is 49.9. The van der Waals surface area contributed by atoms with E-state index in [1.165, 1.54) is 75.0 Å². The highest BCUT2D eigenvalue weighted by Gasteiger charge is 2.39. The molecule has 0 bridgehead atoms. The fraction of sp³-hybridized carbons (Fsp3) is 0.333. The van der Waals surface area contributed by atoms with Gasteiger partial charge in [-0.1, -0.05) is 57.2 Å². The molecule has 0 aliphatic carbocycles. The Kier molecular flexibility index (Phi) is 17.3. The maximum Gasteiger partial charge on any atom is 0.513 e. The molecule has 5 rings (SSSR count). The largest absolute Gasteiger partial charge is 0.513 e. The predicted molar refractivity (Wildman–Crippen MR) is 231 cm³/mol. The lowest BCUT2D eigenvalue weighted by molar-refractivity contribution is -0.763.